The van der Waals surface area contributed by atoms with Crippen LogP contribution in [0, 0.1) is 0 Å². The van der Waals surface area contributed by atoms with Gasteiger partial charge in [-0.25, -0.2) is 10.9 Å². The summed E-state index contributed by atoms with van der Waals surface area (Å²) in [4.78, 5) is 33.6. The highest BCUT2D eigenvalue weighted by Crippen LogP contribution is 2.27. The van der Waals surface area contributed by atoms with Crippen molar-refractivity contribution in [3.8, 4) is 11.1 Å². The molecule has 0 bridgehead atoms. The molecular formula is C26H20N6O2. The minimum atomic E-state index is -0.396. The van der Waals surface area contributed by atoms with E-state index in [1.165, 1.54) is 12.4 Å². The normalized spacial score (nSPS) is 10.9. The molecular weight excluding hydrogens is 428 g/mol. The first-order chi connectivity index (χ1) is 16.7. The van der Waals surface area contributed by atoms with Crippen LogP contribution in [0.1, 0.15) is 31.8 Å². The zero-order valence-electron chi connectivity index (χ0n) is 18.0. The summed E-state index contributed by atoms with van der Waals surface area (Å²) >= 11 is 0. The van der Waals surface area contributed by atoms with Crippen molar-refractivity contribution in [1.82, 2.24) is 20.8 Å². The SMILES string of the molecule is O=C(NN=Cc1ccncc1)c1ccccc1-c1ccccc1C(=O)NN=Cc1ccncc1. The molecule has 0 aliphatic heterocycles. The van der Waals surface area contributed by atoms with Crippen LogP contribution in [0.2, 0.25) is 0 Å². The van der Waals surface area contributed by atoms with Gasteiger partial charge in [0.2, 0.25) is 0 Å². The average Bonchev–Trinajstić information content (AvgIpc) is 2.90. The summed E-state index contributed by atoms with van der Waals surface area (Å²) in [7, 11) is 0. The Balaban J connectivity index is 1.55. The van der Waals surface area contributed by atoms with E-state index in [1.54, 1.807) is 85.5 Å². The van der Waals surface area contributed by atoms with Crippen molar-refractivity contribution in [3.05, 3.63) is 120 Å². The second kappa shape index (κ2) is 11.1. The van der Waals surface area contributed by atoms with Crippen LogP contribution in [0.25, 0.3) is 11.1 Å². The Morgan fingerprint density at radius 1 is 0.588 bits per heavy atom. The molecule has 2 heterocycles. The molecule has 0 saturated carbocycles. The number of hydrogen-bond donors (Lipinski definition) is 2. The topological polar surface area (TPSA) is 109 Å². The zero-order chi connectivity index (χ0) is 23.6. The Hall–Kier alpha value is -4.98. The van der Waals surface area contributed by atoms with Crippen LogP contribution in [0.5, 0.6) is 0 Å². The maximum absolute atomic E-state index is 12.9. The van der Waals surface area contributed by atoms with Gasteiger partial charge in [0, 0.05) is 35.9 Å². The van der Waals surface area contributed by atoms with E-state index in [-0.39, 0.29) is 0 Å². The lowest BCUT2D eigenvalue weighted by molar-refractivity contribution is 0.0946. The Bertz CT molecular complexity index is 1230. The first-order valence-corrected chi connectivity index (χ1v) is 10.4. The van der Waals surface area contributed by atoms with E-state index in [4.69, 9.17) is 0 Å². The van der Waals surface area contributed by atoms with E-state index in [0.29, 0.717) is 22.3 Å². The largest absolute Gasteiger partial charge is 0.271 e. The number of hydrazone groups is 2. The Labute approximate surface area is 196 Å². The van der Waals surface area contributed by atoms with Gasteiger partial charge < -0.3 is 0 Å². The summed E-state index contributed by atoms with van der Waals surface area (Å²) in [6.07, 6.45) is 9.63. The van der Waals surface area contributed by atoms with Crippen LogP contribution in [0.15, 0.2) is 108 Å². The van der Waals surface area contributed by atoms with Gasteiger partial charge in [-0.2, -0.15) is 10.2 Å². The molecule has 2 aromatic carbocycles. The van der Waals surface area contributed by atoms with E-state index in [0.717, 1.165) is 11.1 Å². The van der Waals surface area contributed by atoms with Crippen molar-refractivity contribution in [2.24, 2.45) is 10.2 Å². The fourth-order valence-electron chi connectivity index (χ4n) is 3.18. The molecule has 0 unspecified atom stereocenters. The minimum Gasteiger partial charge on any atom is -0.267 e. The number of carbonyl (C=O) groups excluding carboxylic acids is 2. The molecule has 0 aliphatic carbocycles. The molecule has 166 valence electrons. The number of rotatable bonds is 7. The van der Waals surface area contributed by atoms with Gasteiger partial charge in [-0.05, 0) is 58.7 Å². The number of aromatic nitrogens is 2. The fourth-order valence-corrected chi connectivity index (χ4v) is 3.18. The molecule has 2 amide bonds. The summed E-state index contributed by atoms with van der Waals surface area (Å²) in [5, 5.41) is 8.05. The number of benzene rings is 2. The third kappa shape index (κ3) is 5.63. The maximum atomic E-state index is 12.9. The molecule has 4 rings (SSSR count). The first kappa shape index (κ1) is 22.2. The molecule has 8 heteroatoms. The predicted octanol–water partition coefficient (Wildman–Crippen LogP) is 3.67. The zero-order valence-corrected chi connectivity index (χ0v) is 18.0. The van der Waals surface area contributed by atoms with E-state index in [2.05, 4.69) is 31.0 Å². The number of hydrogen-bond acceptors (Lipinski definition) is 6. The highest BCUT2D eigenvalue weighted by atomic mass is 16.2. The summed E-state index contributed by atoms with van der Waals surface area (Å²) in [6, 6.07) is 21.2. The highest BCUT2D eigenvalue weighted by molar-refractivity contribution is 6.06. The lowest BCUT2D eigenvalue weighted by Crippen LogP contribution is -2.20. The summed E-state index contributed by atoms with van der Waals surface area (Å²) in [5.41, 5.74) is 8.65. The van der Waals surface area contributed by atoms with Crippen LogP contribution in [0.4, 0.5) is 0 Å². The van der Waals surface area contributed by atoms with Gasteiger partial charge in [0.15, 0.2) is 0 Å². The maximum Gasteiger partial charge on any atom is 0.271 e. The molecule has 2 aromatic heterocycles. The van der Waals surface area contributed by atoms with Gasteiger partial charge in [-0.1, -0.05) is 36.4 Å². The highest BCUT2D eigenvalue weighted by Gasteiger charge is 2.17. The third-order valence-electron chi connectivity index (χ3n) is 4.81. The fraction of sp³-hybridized carbons (Fsp3) is 0. The number of carbonyl (C=O) groups is 2. The van der Waals surface area contributed by atoms with E-state index < -0.39 is 11.8 Å². The molecule has 0 aliphatic rings. The van der Waals surface area contributed by atoms with Gasteiger partial charge in [0.05, 0.1) is 12.4 Å². The van der Waals surface area contributed by atoms with Crippen molar-refractivity contribution in [1.29, 1.82) is 0 Å². The number of amides is 2. The van der Waals surface area contributed by atoms with Crippen molar-refractivity contribution in [2.75, 3.05) is 0 Å². The van der Waals surface area contributed by atoms with Crippen molar-refractivity contribution < 1.29 is 9.59 Å². The third-order valence-corrected chi connectivity index (χ3v) is 4.81. The molecule has 34 heavy (non-hydrogen) atoms. The summed E-state index contributed by atoms with van der Waals surface area (Å²) < 4.78 is 0. The van der Waals surface area contributed by atoms with Crippen molar-refractivity contribution in [2.45, 2.75) is 0 Å². The number of nitrogens with one attached hydrogen (secondary N) is 2. The monoisotopic (exact) mass is 448 g/mol. The van der Waals surface area contributed by atoms with E-state index >= 15 is 0 Å². The van der Waals surface area contributed by atoms with Gasteiger partial charge in [-0.15, -0.1) is 0 Å². The standard InChI is InChI=1S/C26H20N6O2/c33-25(31-29-17-19-9-13-27-14-10-19)23-7-3-1-5-21(23)22-6-2-4-8-24(22)26(34)32-30-18-20-11-15-28-16-12-20/h1-18H,(H,31,33)(H,32,34). The van der Waals surface area contributed by atoms with Crippen molar-refractivity contribution >= 4 is 24.2 Å². The molecule has 0 radical (unpaired) electrons. The quantitative estimate of drug-likeness (QED) is 0.332. The molecule has 0 atom stereocenters. The Kier molecular flexibility index (Phi) is 7.22. The van der Waals surface area contributed by atoms with E-state index in [1.807, 2.05) is 12.1 Å². The van der Waals surface area contributed by atoms with E-state index in [9.17, 15) is 9.59 Å². The van der Waals surface area contributed by atoms with Gasteiger partial charge in [-0.3, -0.25) is 19.6 Å². The predicted molar refractivity (Wildman–Crippen MR) is 130 cm³/mol. The molecule has 4 aromatic rings. The first-order valence-electron chi connectivity index (χ1n) is 10.4. The number of nitrogens with zero attached hydrogens (tertiary/aromatic N) is 4. The molecule has 8 nitrogen and oxygen atoms in total. The molecule has 0 saturated heterocycles. The molecule has 0 spiro atoms. The van der Waals surface area contributed by atoms with Gasteiger partial charge in [0.1, 0.15) is 0 Å². The van der Waals surface area contributed by atoms with Gasteiger partial charge in [0.25, 0.3) is 11.8 Å². The van der Waals surface area contributed by atoms with Gasteiger partial charge >= 0.3 is 0 Å². The van der Waals surface area contributed by atoms with Crippen LogP contribution >= 0.6 is 0 Å². The van der Waals surface area contributed by atoms with Crippen LogP contribution in [-0.2, 0) is 0 Å². The smallest absolute Gasteiger partial charge is 0.267 e. The Morgan fingerprint density at radius 2 is 0.971 bits per heavy atom. The average molecular weight is 448 g/mol. The van der Waals surface area contributed by atoms with Crippen LogP contribution in [-0.4, -0.2) is 34.2 Å². The van der Waals surface area contributed by atoms with Crippen molar-refractivity contribution in [3.63, 3.8) is 0 Å². The summed E-state index contributed by atoms with van der Waals surface area (Å²) in [6.45, 7) is 0. The lowest BCUT2D eigenvalue weighted by atomic mass is 9.95. The summed E-state index contributed by atoms with van der Waals surface area (Å²) in [5.74, 6) is -0.793. The Morgan fingerprint density at radius 3 is 1.38 bits per heavy atom. The van der Waals surface area contributed by atoms with Crippen LogP contribution < -0.4 is 10.9 Å². The second-order valence-corrected chi connectivity index (χ2v) is 7.05. The number of pyridine rings is 2. The van der Waals surface area contributed by atoms with Crippen LogP contribution in [0.3, 0.4) is 0 Å². The second-order valence-electron chi connectivity index (χ2n) is 7.05. The minimum absolute atomic E-state index is 0.384. The molecule has 0 fully saturated rings. The molecule has 2 N–H and O–H groups in total. The lowest BCUT2D eigenvalue weighted by Gasteiger charge is -2.12.